The van der Waals surface area contributed by atoms with Gasteiger partial charge in [-0.2, -0.15) is 0 Å². The van der Waals surface area contributed by atoms with Crippen LogP contribution in [0.2, 0.25) is 0 Å². The third-order valence-electron chi connectivity index (χ3n) is 4.72. The van der Waals surface area contributed by atoms with Crippen molar-refractivity contribution < 1.29 is 9.72 Å². The van der Waals surface area contributed by atoms with E-state index in [0.717, 1.165) is 36.9 Å². The lowest BCUT2D eigenvalue weighted by Crippen LogP contribution is -2.36. The topological polar surface area (TPSA) is 84.3 Å². The molecular weight excluding hydrogens is 318 g/mol. The van der Waals surface area contributed by atoms with E-state index in [-0.39, 0.29) is 23.4 Å². The molecule has 0 aliphatic heterocycles. The summed E-state index contributed by atoms with van der Waals surface area (Å²) in [5.74, 6) is -0.150. The van der Waals surface area contributed by atoms with Crippen molar-refractivity contribution in [3.63, 3.8) is 0 Å². The van der Waals surface area contributed by atoms with E-state index in [4.69, 9.17) is 0 Å². The van der Waals surface area contributed by atoms with Crippen LogP contribution in [0, 0.1) is 16.0 Å². The molecule has 1 amide bonds. The predicted octanol–water partition coefficient (Wildman–Crippen LogP) is 4.01. The number of anilines is 1. The summed E-state index contributed by atoms with van der Waals surface area (Å²) in [6.07, 6.45) is 4.24. The van der Waals surface area contributed by atoms with Crippen molar-refractivity contribution in [3.8, 4) is 0 Å². The zero-order chi connectivity index (χ0) is 17.6. The number of nitrogens with zero attached hydrogens (tertiary/aromatic N) is 1. The average molecular weight is 339 g/mol. The van der Waals surface area contributed by atoms with Gasteiger partial charge in [-0.05, 0) is 36.5 Å². The predicted molar refractivity (Wildman–Crippen MR) is 96.0 cm³/mol. The number of carbonyl (C=O) groups is 1. The molecule has 0 radical (unpaired) electrons. The molecule has 1 saturated carbocycles. The van der Waals surface area contributed by atoms with Gasteiger partial charge in [0, 0.05) is 12.1 Å². The molecule has 1 aliphatic carbocycles. The fraction of sp³-hybridized carbons (Fsp3) is 0.316. The summed E-state index contributed by atoms with van der Waals surface area (Å²) in [6.45, 7) is 0. The number of rotatable bonds is 6. The van der Waals surface area contributed by atoms with E-state index in [1.165, 1.54) is 12.1 Å². The highest BCUT2D eigenvalue weighted by molar-refractivity contribution is 5.85. The number of nitro benzene ring substituents is 1. The first kappa shape index (κ1) is 17.0. The van der Waals surface area contributed by atoms with Crippen molar-refractivity contribution in [2.45, 2.75) is 31.6 Å². The molecule has 25 heavy (non-hydrogen) atoms. The second kappa shape index (κ2) is 7.79. The monoisotopic (exact) mass is 339 g/mol. The molecule has 0 aromatic heterocycles. The molecule has 6 nitrogen and oxygen atoms in total. The first-order chi connectivity index (χ1) is 12.1. The van der Waals surface area contributed by atoms with Crippen LogP contribution in [0.5, 0.6) is 0 Å². The lowest BCUT2D eigenvalue weighted by Gasteiger charge is -2.23. The zero-order valence-electron chi connectivity index (χ0n) is 13.9. The summed E-state index contributed by atoms with van der Waals surface area (Å²) in [4.78, 5) is 23.2. The molecule has 2 N–H and O–H groups in total. The molecule has 2 aromatic rings. The van der Waals surface area contributed by atoms with Gasteiger partial charge in [0.05, 0.1) is 16.5 Å². The van der Waals surface area contributed by atoms with Crippen LogP contribution in [0.15, 0.2) is 54.6 Å². The molecule has 2 aromatic carbocycles. The third-order valence-corrected chi connectivity index (χ3v) is 4.72. The molecule has 3 rings (SSSR count). The number of amides is 1. The Balaban J connectivity index is 1.76. The van der Waals surface area contributed by atoms with E-state index in [9.17, 15) is 14.9 Å². The van der Waals surface area contributed by atoms with Crippen LogP contribution in [-0.4, -0.2) is 10.8 Å². The van der Waals surface area contributed by atoms with Gasteiger partial charge in [0.25, 0.3) is 5.69 Å². The second-order valence-corrected chi connectivity index (χ2v) is 6.35. The largest absolute Gasteiger partial charge is 0.299 e. The highest BCUT2D eigenvalue weighted by Gasteiger charge is 2.32. The Hall–Kier alpha value is -2.89. The van der Waals surface area contributed by atoms with Gasteiger partial charge in [0.15, 0.2) is 0 Å². The average Bonchev–Trinajstić information content (AvgIpc) is 3.16. The normalized spacial score (nSPS) is 15.5. The van der Waals surface area contributed by atoms with Crippen molar-refractivity contribution in [2.24, 2.45) is 5.92 Å². The molecular formula is C19H21N3O3. The number of non-ortho nitro benzene ring substituents is 1. The van der Waals surface area contributed by atoms with Gasteiger partial charge in [0.1, 0.15) is 0 Å². The van der Waals surface area contributed by atoms with E-state index in [1.54, 1.807) is 12.1 Å². The number of hydrogen-bond donors (Lipinski definition) is 2. The Kier molecular flexibility index (Phi) is 5.28. The maximum absolute atomic E-state index is 12.8. The van der Waals surface area contributed by atoms with E-state index in [2.05, 4.69) is 10.9 Å². The van der Waals surface area contributed by atoms with Crippen LogP contribution in [0.3, 0.4) is 0 Å². The molecule has 1 unspecified atom stereocenters. The number of hydrogen-bond acceptors (Lipinski definition) is 4. The van der Waals surface area contributed by atoms with Crippen LogP contribution in [0.1, 0.15) is 37.2 Å². The summed E-state index contributed by atoms with van der Waals surface area (Å²) < 4.78 is 0. The van der Waals surface area contributed by atoms with Crippen molar-refractivity contribution in [2.75, 3.05) is 5.43 Å². The minimum atomic E-state index is -0.425. The highest BCUT2D eigenvalue weighted by Crippen LogP contribution is 2.38. The van der Waals surface area contributed by atoms with Gasteiger partial charge in [-0.1, -0.05) is 43.2 Å². The van der Waals surface area contributed by atoms with Crippen LogP contribution in [0.25, 0.3) is 0 Å². The van der Waals surface area contributed by atoms with E-state index >= 15 is 0 Å². The Bertz CT molecular complexity index is 725. The molecule has 1 aliphatic rings. The molecule has 0 saturated heterocycles. The summed E-state index contributed by atoms with van der Waals surface area (Å²) in [6, 6.07) is 15.8. The fourth-order valence-corrected chi connectivity index (χ4v) is 3.46. The molecule has 0 heterocycles. The summed E-state index contributed by atoms with van der Waals surface area (Å²) in [5.41, 5.74) is 7.40. The van der Waals surface area contributed by atoms with Gasteiger partial charge in [-0.3, -0.25) is 25.8 Å². The van der Waals surface area contributed by atoms with Crippen molar-refractivity contribution >= 4 is 17.3 Å². The van der Waals surface area contributed by atoms with Crippen LogP contribution >= 0.6 is 0 Å². The first-order valence-corrected chi connectivity index (χ1v) is 8.50. The number of para-hydroxylation sites is 1. The Morgan fingerprint density at radius 2 is 1.68 bits per heavy atom. The lowest BCUT2D eigenvalue weighted by molar-refractivity contribution is -0.384. The Morgan fingerprint density at radius 3 is 2.28 bits per heavy atom. The molecule has 0 bridgehead atoms. The van der Waals surface area contributed by atoms with Crippen LogP contribution in [0.4, 0.5) is 11.4 Å². The quantitative estimate of drug-likeness (QED) is 0.615. The fourth-order valence-electron chi connectivity index (χ4n) is 3.46. The smallest absolute Gasteiger partial charge is 0.269 e. The van der Waals surface area contributed by atoms with Gasteiger partial charge >= 0.3 is 0 Å². The van der Waals surface area contributed by atoms with Crippen molar-refractivity contribution in [1.29, 1.82) is 0 Å². The number of nitro groups is 1. The second-order valence-electron chi connectivity index (χ2n) is 6.35. The summed E-state index contributed by atoms with van der Waals surface area (Å²) >= 11 is 0. The number of nitrogens with one attached hydrogen (secondary N) is 2. The molecule has 6 heteroatoms. The maximum atomic E-state index is 12.8. The van der Waals surface area contributed by atoms with Crippen LogP contribution < -0.4 is 10.9 Å². The van der Waals surface area contributed by atoms with E-state index in [1.807, 2.05) is 30.3 Å². The SMILES string of the molecule is O=C(NNc1ccccc1)C(c1ccc([N+](=O)[O-])cc1)C1CCCC1. The molecule has 130 valence electrons. The molecule has 0 spiro atoms. The Labute approximate surface area is 146 Å². The van der Waals surface area contributed by atoms with E-state index < -0.39 is 4.92 Å². The zero-order valence-corrected chi connectivity index (χ0v) is 13.9. The highest BCUT2D eigenvalue weighted by atomic mass is 16.6. The Morgan fingerprint density at radius 1 is 1.04 bits per heavy atom. The number of benzene rings is 2. The van der Waals surface area contributed by atoms with Gasteiger partial charge in [-0.15, -0.1) is 0 Å². The lowest BCUT2D eigenvalue weighted by atomic mass is 9.84. The minimum absolute atomic E-state index is 0.0386. The van der Waals surface area contributed by atoms with Gasteiger partial charge in [0.2, 0.25) is 5.91 Å². The first-order valence-electron chi connectivity index (χ1n) is 8.50. The standard InChI is InChI=1S/C19H21N3O3/c23-19(21-20-16-8-2-1-3-9-16)18(14-6-4-5-7-14)15-10-12-17(13-11-15)22(24)25/h1-3,8-14,18,20H,4-7H2,(H,21,23). The van der Waals surface area contributed by atoms with Crippen molar-refractivity contribution in [1.82, 2.24) is 5.43 Å². The maximum Gasteiger partial charge on any atom is 0.269 e. The van der Waals surface area contributed by atoms with E-state index in [0.29, 0.717) is 0 Å². The number of hydrazine groups is 1. The van der Waals surface area contributed by atoms with Crippen molar-refractivity contribution in [3.05, 3.63) is 70.3 Å². The molecule has 1 atom stereocenters. The van der Waals surface area contributed by atoms with Crippen LogP contribution in [-0.2, 0) is 4.79 Å². The third kappa shape index (κ3) is 4.15. The number of carbonyl (C=O) groups excluding carboxylic acids is 1. The summed E-state index contributed by atoms with van der Waals surface area (Å²) in [5, 5.41) is 10.8. The minimum Gasteiger partial charge on any atom is -0.299 e. The molecule has 1 fully saturated rings. The van der Waals surface area contributed by atoms with Gasteiger partial charge in [-0.25, -0.2) is 0 Å². The van der Waals surface area contributed by atoms with Gasteiger partial charge < -0.3 is 0 Å². The summed E-state index contributed by atoms with van der Waals surface area (Å²) in [7, 11) is 0.